The summed E-state index contributed by atoms with van der Waals surface area (Å²) in [5.41, 5.74) is 6.19. The summed E-state index contributed by atoms with van der Waals surface area (Å²) in [5, 5.41) is 0. The van der Waals surface area contributed by atoms with Gasteiger partial charge in [0.25, 0.3) is 0 Å². The van der Waals surface area contributed by atoms with Crippen LogP contribution in [-0.2, 0) is 4.74 Å². The maximum atomic E-state index is 6.01. The fourth-order valence-corrected chi connectivity index (χ4v) is 2.67. The van der Waals surface area contributed by atoms with Gasteiger partial charge in [0.1, 0.15) is 0 Å². The first-order valence-electron chi connectivity index (χ1n) is 6.67. The van der Waals surface area contributed by atoms with Gasteiger partial charge in [-0.15, -0.1) is 0 Å². The van der Waals surface area contributed by atoms with Crippen LogP contribution in [0.5, 0.6) is 0 Å². The van der Waals surface area contributed by atoms with Gasteiger partial charge in [-0.3, -0.25) is 4.90 Å². The van der Waals surface area contributed by atoms with Gasteiger partial charge in [-0.05, 0) is 39.8 Å². The van der Waals surface area contributed by atoms with E-state index in [-0.39, 0.29) is 5.54 Å². The predicted octanol–water partition coefficient (Wildman–Crippen LogP) is 2.00. The molecule has 1 heterocycles. The first kappa shape index (κ1) is 13.9. The van der Waals surface area contributed by atoms with Gasteiger partial charge in [0.2, 0.25) is 0 Å². The van der Waals surface area contributed by atoms with Crippen molar-refractivity contribution in [2.75, 3.05) is 26.7 Å². The fraction of sp³-hybridized carbons (Fsp3) is 1.00. The molecule has 2 unspecified atom stereocenters. The quantitative estimate of drug-likeness (QED) is 0.707. The van der Waals surface area contributed by atoms with E-state index in [0.717, 1.165) is 32.5 Å². The normalized spacial score (nSPS) is 30.9. The second-order valence-electron chi connectivity index (χ2n) is 5.19. The van der Waals surface area contributed by atoms with Crippen molar-refractivity contribution < 1.29 is 4.74 Å². The Balaban J connectivity index is 2.49. The van der Waals surface area contributed by atoms with E-state index in [9.17, 15) is 0 Å². The van der Waals surface area contributed by atoms with Crippen molar-refractivity contribution in [1.82, 2.24) is 4.90 Å². The van der Waals surface area contributed by atoms with Gasteiger partial charge in [-0.2, -0.15) is 0 Å². The molecule has 0 spiro atoms. The predicted molar refractivity (Wildman–Crippen MR) is 68.6 cm³/mol. The summed E-state index contributed by atoms with van der Waals surface area (Å²) in [6, 6.07) is 0. The van der Waals surface area contributed by atoms with Crippen molar-refractivity contribution in [2.45, 2.75) is 57.6 Å². The Hall–Kier alpha value is -0.120. The number of hydrogen-bond donors (Lipinski definition) is 1. The van der Waals surface area contributed by atoms with Crippen molar-refractivity contribution in [3.05, 3.63) is 0 Å². The molecule has 0 aliphatic carbocycles. The summed E-state index contributed by atoms with van der Waals surface area (Å²) in [5.74, 6) is 0. The average Bonchev–Trinajstić information content (AvgIpc) is 2.29. The van der Waals surface area contributed by atoms with Crippen molar-refractivity contribution in [2.24, 2.45) is 5.73 Å². The van der Waals surface area contributed by atoms with Crippen LogP contribution < -0.4 is 5.73 Å². The van der Waals surface area contributed by atoms with Crippen molar-refractivity contribution in [1.29, 1.82) is 0 Å². The highest BCUT2D eigenvalue weighted by molar-refractivity contribution is 4.94. The maximum Gasteiger partial charge on any atom is 0.0565 e. The van der Waals surface area contributed by atoms with Gasteiger partial charge in [-0.1, -0.05) is 19.8 Å². The third kappa shape index (κ3) is 3.44. The molecule has 0 radical (unpaired) electrons. The standard InChI is InChI=1S/C13H28N2O/c1-4-5-6-8-15(3)13(11-14)7-9-16-12(2)10-13/h12H,4-11,14H2,1-3H3. The Morgan fingerprint density at radius 1 is 1.44 bits per heavy atom. The maximum absolute atomic E-state index is 6.01. The molecular weight excluding hydrogens is 200 g/mol. The number of likely N-dealkylation sites (N-methyl/N-ethyl adjacent to an activating group) is 1. The van der Waals surface area contributed by atoms with Crippen LogP contribution in [0.2, 0.25) is 0 Å². The van der Waals surface area contributed by atoms with E-state index in [2.05, 4.69) is 25.8 Å². The molecule has 0 bridgehead atoms. The first-order valence-corrected chi connectivity index (χ1v) is 6.67. The molecule has 3 nitrogen and oxygen atoms in total. The number of nitrogens with zero attached hydrogens (tertiary/aromatic N) is 1. The lowest BCUT2D eigenvalue weighted by Crippen LogP contribution is -2.57. The highest BCUT2D eigenvalue weighted by Gasteiger charge is 2.37. The molecule has 0 saturated carbocycles. The number of unbranched alkanes of at least 4 members (excludes halogenated alkanes) is 2. The van der Waals surface area contributed by atoms with Crippen LogP contribution in [0.15, 0.2) is 0 Å². The van der Waals surface area contributed by atoms with E-state index in [0.29, 0.717) is 6.10 Å². The van der Waals surface area contributed by atoms with Crippen LogP contribution in [0.25, 0.3) is 0 Å². The molecule has 96 valence electrons. The van der Waals surface area contributed by atoms with Crippen molar-refractivity contribution in [3.8, 4) is 0 Å². The Morgan fingerprint density at radius 2 is 2.19 bits per heavy atom. The Bertz CT molecular complexity index is 198. The number of nitrogens with two attached hydrogens (primary N) is 1. The van der Waals surface area contributed by atoms with E-state index in [1.54, 1.807) is 0 Å². The highest BCUT2D eigenvalue weighted by Crippen LogP contribution is 2.29. The van der Waals surface area contributed by atoms with E-state index in [1.165, 1.54) is 19.3 Å². The Kier molecular flexibility index (Phi) is 5.73. The van der Waals surface area contributed by atoms with Crippen LogP contribution in [0.3, 0.4) is 0 Å². The summed E-state index contributed by atoms with van der Waals surface area (Å²) in [6.07, 6.45) is 6.39. The molecule has 0 aromatic heterocycles. The summed E-state index contributed by atoms with van der Waals surface area (Å²) in [6.45, 7) is 7.18. The third-order valence-corrected chi connectivity index (χ3v) is 3.92. The molecular formula is C13H28N2O. The highest BCUT2D eigenvalue weighted by atomic mass is 16.5. The van der Waals surface area contributed by atoms with Crippen LogP contribution in [0, 0.1) is 0 Å². The van der Waals surface area contributed by atoms with Crippen molar-refractivity contribution >= 4 is 0 Å². The molecule has 1 fully saturated rings. The second-order valence-corrected chi connectivity index (χ2v) is 5.19. The lowest BCUT2D eigenvalue weighted by Gasteiger charge is -2.46. The first-order chi connectivity index (χ1) is 7.64. The molecule has 2 atom stereocenters. The largest absolute Gasteiger partial charge is 0.378 e. The minimum Gasteiger partial charge on any atom is -0.378 e. The molecule has 0 aromatic rings. The van der Waals surface area contributed by atoms with E-state index < -0.39 is 0 Å². The van der Waals surface area contributed by atoms with E-state index in [4.69, 9.17) is 10.5 Å². The molecule has 0 aromatic carbocycles. The molecule has 2 N–H and O–H groups in total. The van der Waals surface area contributed by atoms with Crippen LogP contribution in [0.4, 0.5) is 0 Å². The molecule has 1 aliphatic heterocycles. The van der Waals surface area contributed by atoms with E-state index in [1.807, 2.05) is 0 Å². The SMILES string of the molecule is CCCCCN(C)C1(CN)CCOC(C)C1. The number of hydrogen-bond acceptors (Lipinski definition) is 3. The van der Waals surface area contributed by atoms with Gasteiger partial charge < -0.3 is 10.5 Å². The minimum atomic E-state index is 0.186. The molecule has 0 amide bonds. The zero-order valence-electron chi connectivity index (χ0n) is 11.2. The van der Waals surface area contributed by atoms with Gasteiger partial charge >= 0.3 is 0 Å². The Labute approximate surface area is 100 Å². The summed E-state index contributed by atoms with van der Waals surface area (Å²) in [4.78, 5) is 2.47. The second kappa shape index (κ2) is 6.58. The third-order valence-electron chi connectivity index (χ3n) is 3.92. The lowest BCUT2D eigenvalue weighted by molar-refractivity contribution is -0.0561. The zero-order valence-corrected chi connectivity index (χ0v) is 11.2. The van der Waals surface area contributed by atoms with Crippen LogP contribution >= 0.6 is 0 Å². The summed E-state index contributed by atoms with van der Waals surface area (Å²) < 4.78 is 5.63. The smallest absolute Gasteiger partial charge is 0.0565 e. The molecule has 1 rings (SSSR count). The topological polar surface area (TPSA) is 38.5 Å². The van der Waals surface area contributed by atoms with Gasteiger partial charge in [-0.25, -0.2) is 0 Å². The zero-order chi connectivity index (χ0) is 12.0. The molecule has 16 heavy (non-hydrogen) atoms. The minimum absolute atomic E-state index is 0.186. The summed E-state index contributed by atoms with van der Waals surface area (Å²) in [7, 11) is 2.22. The number of ether oxygens (including phenoxy) is 1. The van der Waals surface area contributed by atoms with Crippen LogP contribution in [-0.4, -0.2) is 43.3 Å². The fourth-order valence-electron chi connectivity index (χ4n) is 2.67. The number of rotatable bonds is 6. The monoisotopic (exact) mass is 228 g/mol. The average molecular weight is 228 g/mol. The van der Waals surface area contributed by atoms with E-state index >= 15 is 0 Å². The van der Waals surface area contributed by atoms with Gasteiger partial charge in [0.05, 0.1) is 6.10 Å². The van der Waals surface area contributed by atoms with Gasteiger partial charge in [0, 0.05) is 18.7 Å². The molecule has 1 aliphatic rings. The molecule has 3 heteroatoms. The van der Waals surface area contributed by atoms with Crippen molar-refractivity contribution in [3.63, 3.8) is 0 Å². The molecule has 1 saturated heterocycles. The summed E-state index contributed by atoms with van der Waals surface area (Å²) >= 11 is 0. The van der Waals surface area contributed by atoms with Crippen LogP contribution in [0.1, 0.15) is 46.0 Å². The van der Waals surface area contributed by atoms with Gasteiger partial charge in [0.15, 0.2) is 0 Å². The Morgan fingerprint density at radius 3 is 2.75 bits per heavy atom. The lowest BCUT2D eigenvalue weighted by atomic mass is 9.85.